The van der Waals surface area contributed by atoms with E-state index in [1.165, 1.54) is 18.2 Å². The quantitative estimate of drug-likeness (QED) is 0.672. The predicted octanol–water partition coefficient (Wildman–Crippen LogP) is 3.08. The minimum atomic E-state index is -0.967. The lowest BCUT2D eigenvalue weighted by Gasteiger charge is -2.04. The number of halogens is 2. The maximum Gasteiger partial charge on any atom is 0.433 e. The topological polar surface area (TPSA) is 68.3 Å². The molecule has 5 nitrogen and oxygen atoms in total. The monoisotopic (exact) mass is 254 g/mol. The highest BCUT2D eigenvalue weighted by Gasteiger charge is 2.11. The Bertz CT molecular complexity index is 583. The molecule has 1 heterocycles. The van der Waals surface area contributed by atoms with Crippen LogP contribution in [0.3, 0.4) is 0 Å². The van der Waals surface area contributed by atoms with E-state index in [1.54, 1.807) is 0 Å². The molecule has 0 radical (unpaired) electrons. The van der Waals surface area contributed by atoms with E-state index in [2.05, 4.69) is 5.32 Å². The summed E-state index contributed by atoms with van der Waals surface area (Å²) in [5.74, 6) is -1.94. The minimum Gasteiger partial charge on any atom is -0.404 e. The Morgan fingerprint density at radius 1 is 1.22 bits per heavy atom. The first-order valence-electron chi connectivity index (χ1n) is 4.98. The van der Waals surface area contributed by atoms with Gasteiger partial charge in [0.2, 0.25) is 0 Å². The van der Waals surface area contributed by atoms with Crippen LogP contribution >= 0.6 is 0 Å². The summed E-state index contributed by atoms with van der Waals surface area (Å²) in [4.78, 5) is 9.72. The average molecular weight is 254 g/mol. The van der Waals surface area contributed by atoms with Crippen LogP contribution in [0.4, 0.5) is 20.4 Å². The molecular weight excluding hydrogens is 246 g/mol. The summed E-state index contributed by atoms with van der Waals surface area (Å²) in [5.41, 5.74) is 0.355. The van der Waals surface area contributed by atoms with Gasteiger partial charge in [-0.3, -0.25) is 10.1 Å². The number of hydrogen-bond acceptors (Lipinski definition) is 4. The molecule has 2 rings (SSSR count). The summed E-state index contributed by atoms with van der Waals surface area (Å²) in [7, 11) is 0. The van der Waals surface area contributed by atoms with Crippen LogP contribution in [-0.4, -0.2) is 4.92 Å². The van der Waals surface area contributed by atoms with Crippen molar-refractivity contribution >= 4 is 11.6 Å². The van der Waals surface area contributed by atoms with E-state index in [4.69, 9.17) is 4.42 Å². The molecule has 1 aromatic heterocycles. The zero-order chi connectivity index (χ0) is 13.1. The summed E-state index contributed by atoms with van der Waals surface area (Å²) in [6.07, 6.45) is 0. The Kier molecular flexibility index (Phi) is 3.22. The SMILES string of the molecule is O=[N+]([O-])c1ccc(CNc2ccc(F)c(F)c2)o1. The van der Waals surface area contributed by atoms with Gasteiger partial charge in [-0.15, -0.1) is 0 Å². The average Bonchev–Trinajstić information content (AvgIpc) is 2.79. The molecule has 1 aromatic carbocycles. The van der Waals surface area contributed by atoms with E-state index in [1.807, 2.05) is 0 Å². The van der Waals surface area contributed by atoms with Crippen LogP contribution in [0.25, 0.3) is 0 Å². The predicted molar refractivity (Wildman–Crippen MR) is 59.0 cm³/mol. The zero-order valence-corrected chi connectivity index (χ0v) is 9.02. The van der Waals surface area contributed by atoms with Crippen molar-refractivity contribution < 1.29 is 18.1 Å². The highest BCUT2D eigenvalue weighted by Crippen LogP contribution is 2.18. The molecule has 0 spiro atoms. The molecule has 94 valence electrons. The van der Waals surface area contributed by atoms with Crippen molar-refractivity contribution in [1.82, 2.24) is 0 Å². The maximum absolute atomic E-state index is 12.9. The van der Waals surface area contributed by atoms with E-state index in [0.29, 0.717) is 11.4 Å². The van der Waals surface area contributed by atoms with Gasteiger partial charge in [0, 0.05) is 11.8 Å². The molecule has 0 saturated heterocycles. The lowest BCUT2D eigenvalue weighted by Crippen LogP contribution is -1.99. The van der Waals surface area contributed by atoms with Crippen LogP contribution in [-0.2, 0) is 6.54 Å². The van der Waals surface area contributed by atoms with Gasteiger partial charge >= 0.3 is 5.88 Å². The standard InChI is InChI=1S/C11H8F2N2O3/c12-9-3-1-7(5-10(9)13)14-6-8-2-4-11(18-8)15(16)17/h1-5,14H,6H2. The molecule has 1 N–H and O–H groups in total. The van der Waals surface area contributed by atoms with Crippen LogP contribution in [0.5, 0.6) is 0 Å². The van der Waals surface area contributed by atoms with Crippen LogP contribution in [0.2, 0.25) is 0 Å². The molecule has 0 atom stereocenters. The van der Waals surface area contributed by atoms with Crippen molar-refractivity contribution in [3.63, 3.8) is 0 Å². The third-order valence-electron chi connectivity index (χ3n) is 2.21. The zero-order valence-electron chi connectivity index (χ0n) is 9.02. The fourth-order valence-electron chi connectivity index (χ4n) is 1.35. The Morgan fingerprint density at radius 3 is 2.61 bits per heavy atom. The molecule has 0 bridgehead atoms. The number of nitrogens with one attached hydrogen (secondary N) is 1. The Labute approximate surface area is 100 Å². The highest BCUT2D eigenvalue weighted by atomic mass is 19.2. The molecule has 0 amide bonds. The van der Waals surface area contributed by atoms with Crippen molar-refractivity contribution in [3.05, 3.63) is 57.8 Å². The summed E-state index contributed by atoms with van der Waals surface area (Å²) in [5, 5.41) is 13.1. The first-order chi connectivity index (χ1) is 8.56. The third kappa shape index (κ3) is 2.62. The summed E-state index contributed by atoms with van der Waals surface area (Å²) in [6, 6.07) is 6.00. The van der Waals surface area contributed by atoms with Gasteiger partial charge < -0.3 is 9.73 Å². The van der Waals surface area contributed by atoms with Gasteiger partial charge in [-0.2, -0.15) is 0 Å². The fourth-order valence-corrected chi connectivity index (χ4v) is 1.35. The number of nitrogens with zero attached hydrogens (tertiary/aromatic N) is 1. The second-order valence-electron chi connectivity index (χ2n) is 3.48. The van der Waals surface area contributed by atoms with Gasteiger partial charge in [0.05, 0.1) is 12.6 Å². The maximum atomic E-state index is 12.9. The van der Waals surface area contributed by atoms with Crippen LogP contribution in [0, 0.1) is 21.7 Å². The normalized spacial score (nSPS) is 10.3. The Hall–Kier alpha value is -2.44. The number of nitro groups is 1. The van der Waals surface area contributed by atoms with Gasteiger partial charge in [0.15, 0.2) is 11.6 Å². The van der Waals surface area contributed by atoms with Crippen LogP contribution in [0.1, 0.15) is 5.76 Å². The Morgan fingerprint density at radius 2 is 2.00 bits per heavy atom. The molecular formula is C11H8F2N2O3. The number of rotatable bonds is 4. The van der Waals surface area contributed by atoms with Crippen molar-refractivity contribution in [2.75, 3.05) is 5.32 Å². The first-order valence-corrected chi connectivity index (χ1v) is 4.98. The summed E-state index contributed by atoms with van der Waals surface area (Å²) < 4.78 is 30.4. The van der Waals surface area contributed by atoms with Crippen molar-refractivity contribution in [2.45, 2.75) is 6.54 Å². The summed E-state index contributed by atoms with van der Waals surface area (Å²) in [6.45, 7) is 0.138. The van der Waals surface area contributed by atoms with E-state index < -0.39 is 16.6 Å². The second kappa shape index (κ2) is 4.82. The summed E-state index contributed by atoms with van der Waals surface area (Å²) >= 11 is 0. The highest BCUT2D eigenvalue weighted by molar-refractivity contribution is 5.43. The molecule has 18 heavy (non-hydrogen) atoms. The first kappa shape index (κ1) is 12.0. The number of furan rings is 1. The number of hydrogen-bond donors (Lipinski definition) is 1. The van der Waals surface area contributed by atoms with E-state index >= 15 is 0 Å². The van der Waals surface area contributed by atoms with Gasteiger partial charge in [0.1, 0.15) is 10.7 Å². The molecule has 0 aliphatic heterocycles. The van der Waals surface area contributed by atoms with Gasteiger partial charge in [0.25, 0.3) is 0 Å². The lowest BCUT2D eigenvalue weighted by molar-refractivity contribution is -0.402. The van der Waals surface area contributed by atoms with E-state index in [-0.39, 0.29) is 12.4 Å². The largest absolute Gasteiger partial charge is 0.433 e. The van der Waals surface area contributed by atoms with E-state index in [0.717, 1.165) is 12.1 Å². The van der Waals surface area contributed by atoms with Crippen molar-refractivity contribution in [3.8, 4) is 0 Å². The van der Waals surface area contributed by atoms with Gasteiger partial charge in [-0.05, 0) is 18.2 Å². The third-order valence-corrected chi connectivity index (χ3v) is 2.21. The van der Waals surface area contributed by atoms with Crippen molar-refractivity contribution in [1.29, 1.82) is 0 Å². The van der Waals surface area contributed by atoms with Gasteiger partial charge in [-0.1, -0.05) is 0 Å². The molecule has 0 aliphatic rings. The van der Waals surface area contributed by atoms with Crippen molar-refractivity contribution in [2.24, 2.45) is 0 Å². The Balaban J connectivity index is 2.02. The smallest absolute Gasteiger partial charge is 0.404 e. The fraction of sp³-hybridized carbons (Fsp3) is 0.0909. The molecule has 0 fully saturated rings. The number of anilines is 1. The molecule has 0 unspecified atom stereocenters. The van der Waals surface area contributed by atoms with Crippen LogP contribution < -0.4 is 5.32 Å². The molecule has 0 saturated carbocycles. The van der Waals surface area contributed by atoms with E-state index in [9.17, 15) is 18.9 Å². The number of benzene rings is 1. The van der Waals surface area contributed by atoms with Gasteiger partial charge in [-0.25, -0.2) is 8.78 Å². The lowest BCUT2D eigenvalue weighted by atomic mass is 10.3. The minimum absolute atomic E-state index is 0.138. The van der Waals surface area contributed by atoms with Crippen LogP contribution in [0.15, 0.2) is 34.7 Å². The second-order valence-corrected chi connectivity index (χ2v) is 3.48. The molecule has 2 aromatic rings. The molecule has 0 aliphatic carbocycles. The molecule has 7 heteroatoms.